The Morgan fingerprint density at radius 1 is 1.15 bits per heavy atom. The Bertz CT molecular complexity index is 1100. The van der Waals surface area contributed by atoms with Gasteiger partial charge in [-0.05, 0) is 54.3 Å². The third-order valence-corrected chi connectivity index (χ3v) is 6.80. The van der Waals surface area contributed by atoms with Crippen molar-refractivity contribution in [2.24, 2.45) is 11.7 Å². The van der Waals surface area contributed by atoms with E-state index in [2.05, 4.69) is 17.4 Å². The van der Waals surface area contributed by atoms with Gasteiger partial charge in [0.2, 0.25) is 5.91 Å². The summed E-state index contributed by atoms with van der Waals surface area (Å²) in [6.07, 6.45) is 4.80. The van der Waals surface area contributed by atoms with Crippen molar-refractivity contribution < 1.29 is 14.3 Å². The molecule has 0 saturated carbocycles. The minimum atomic E-state index is -0.437. The fraction of sp³-hybridized carbons (Fsp3) is 0.308. The van der Waals surface area contributed by atoms with Crippen LogP contribution in [0.3, 0.4) is 0 Å². The molecule has 0 aromatic heterocycles. The van der Waals surface area contributed by atoms with E-state index in [4.69, 9.17) is 10.5 Å². The molecule has 0 bridgehead atoms. The topological polar surface area (TPSA) is 99.9 Å². The number of nitrogens with two attached hydrogens (primary N) is 1. The first-order chi connectivity index (χ1) is 16.5. The lowest BCUT2D eigenvalue weighted by atomic mass is 9.86. The number of nitrogens with one attached hydrogen (secondary N) is 2. The average molecular weight is 460 g/mol. The summed E-state index contributed by atoms with van der Waals surface area (Å²) in [5.74, 6) is 1.09. The van der Waals surface area contributed by atoms with Gasteiger partial charge in [-0.25, -0.2) is 5.43 Å². The Labute approximate surface area is 199 Å². The second kappa shape index (κ2) is 9.32. The van der Waals surface area contributed by atoms with Crippen molar-refractivity contribution in [3.63, 3.8) is 0 Å². The Kier molecular flexibility index (Phi) is 6.08. The molecule has 34 heavy (non-hydrogen) atoms. The second-order valence-corrected chi connectivity index (χ2v) is 8.88. The van der Waals surface area contributed by atoms with E-state index in [1.54, 1.807) is 0 Å². The number of hydrogen-bond donors (Lipinski definition) is 3. The Hall–Kier alpha value is -3.62. The first-order valence-corrected chi connectivity index (χ1v) is 11.6. The third kappa shape index (κ3) is 4.18. The predicted octanol–water partition coefficient (Wildman–Crippen LogP) is 2.22. The van der Waals surface area contributed by atoms with E-state index in [9.17, 15) is 9.59 Å². The van der Waals surface area contributed by atoms with Crippen molar-refractivity contribution in [1.82, 2.24) is 20.7 Å². The van der Waals surface area contributed by atoms with Crippen LogP contribution >= 0.6 is 0 Å². The summed E-state index contributed by atoms with van der Waals surface area (Å²) < 4.78 is 5.92. The molecule has 176 valence electrons. The van der Waals surface area contributed by atoms with Crippen molar-refractivity contribution in [3.8, 4) is 11.5 Å². The van der Waals surface area contributed by atoms with E-state index in [1.807, 2.05) is 70.6 Å². The van der Waals surface area contributed by atoms with Crippen molar-refractivity contribution in [2.45, 2.75) is 31.1 Å². The van der Waals surface area contributed by atoms with Gasteiger partial charge in [0.05, 0.1) is 6.17 Å². The normalized spacial score (nSPS) is 26.0. The summed E-state index contributed by atoms with van der Waals surface area (Å²) in [7, 11) is 0. The first kappa shape index (κ1) is 22.2. The van der Waals surface area contributed by atoms with Gasteiger partial charge in [0.15, 0.2) is 0 Å². The van der Waals surface area contributed by atoms with Crippen LogP contribution in [0, 0.1) is 5.92 Å². The van der Waals surface area contributed by atoms with E-state index in [0.717, 1.165) is 35.5 Å². The Balaban J connectivity index is 1.40. The number of carbonyl (C=O) groups excluding carboxylic acids is 2. The van der Waals surface area contributed by atoms with E-state index in [0.29, 0.717) is 13.1 Å². The van der Waals surface area contributed by atoms with Crippen LogP contribution in [0.4, 0.5) is 0 Å². The van der Waals surface area contributed by atoms with Crippen molar-refractivity contribution >= 4 is 17.4 Å². The van der Waals surface area contributed by atoms with E-state index < -0.39 is 12.2 Å². The Morgan fingerprint density at radius 2 is 1.88 bits per heavy atom. The molecular weight excluding hydrogens is 430 g/mol. The number of ether oxygens (including phenoxy) is 1. The number of likely N-dealkylation sites (tertiary alicyclic amines) is 1. The van der Waals surface area contributed by atoms with Crippen LogP contribution in [0.1, 0.15) is 18.4 Å². The average Bonchev–Trinajstić information content (AvgIpc) is 3.48. The number of nitrogens with zero attached hydrogens (tertiary/aromatic N) is 2. The summed E-state index contributed by atoms with van der Waals surface area (Å²) in [6, 6.07) is 17.0. The zero-order chi connectivity index (χ0) is 23.7. The van der Waals surface area contributed by atoms with Gasteiger partial charge in [-0.1, -0.05) is 36.9 Å². The highest BCUT2D eigenvalue weighted by atomic mass is 16.5. The fourth-order valence-electron chi connectivity index (χ4n) is 5.19. The lowest BCUT2D eigenvalue weighted by Crippen LogP contribution is -2.66. The van der Waals surface area contributed by atoms with Crippen LogP contribution in [0.25, 0.3) is 5.57 Å². The van der Waals surface area contributed by atoms with Crippen LogP contribution in [-0.2, 0) is 9.59 Å². The van der Waals surface area contributed by atoms with Crippen LogP contribution in [0.2, 0.25) is 0 Å². The first-order valence-electron chi connectivity index (χ1n) is 11.6. The molecule has 3 unspecified atom stereocenters. The molecule has 2 aromatic rings. The zero-order valence-electron chi connectivity index (χ0n) is 18.9. The van der Waals surface area contributed by atoms with E-state index >= 15 is 0 Å². The van der Waals surface area contributed by atoms with Crippen LogP contribution < -0.4 is 21.3 Å². The standard InChI is InChI=1S/C26H29N5O3/c1-2-22(32)31-14-6-7-18(31)15-30-16-21(23-24(30)26(33)29-28-25(23)27)17-10-12-20(13-11-17)34-19-8-4-3-5-9-19/h2-5,8-13,16,18,23-25,28H,1,6-7,14-15,27H2,(H,29,33)/t18-,23?,24?,25?/m0/s1. The molecule has 4 atom stereocenters. The number of hydrazine groups is 1. The van der Waals surface area contributed by atoms with Gasteiger partial charge in [0, 0.05) is 31.2 Å². The molecule has 0 radical (unpaired) electrons. The maximum absolute atomic E-state index is 12.9. The molecule has 0 aliphatic carbocycles. The lowest BCUT2D eigenvalue weighted by molar-refractivity contribution is -0.131. The summed E-state index contributed by atoms with van der Waals surface area (Å²) >= 11 is 0. The number of rotatable bonds is 6. The lowest BCUT2D eigenvalue weighted by Gasteiger charge is -2.38. The maximum atomic E-state index is 12.9. The SMILES string of the molecule is C=CC(=O)N1CCC[C@H]1CN1C=C(c2ccc(Oc3ccccc3)cc2)C2C(N)NNC(=O)C21. The van der Waals surface area contributed by atoms with Crippen LogP contribution in [0.5, 0.6) is 11.5 Å². The molecule has 2 saturated heterocycles. The summed E-state index contributed by atoms with van der Waals surface area (Å²) in [5.41, 5.74) is 14.0. The molecule has 3 heterocycles. The molecule has 0 spiro atoms. The predicted molar refractivity (Wildman–Crippen MR) is 129 cm³/mol. The highest BCUT2D eigenvalue weighted by molar-refractivity contribution is 5.89. The molecule has 3 aliphatic heterocycles. The van der Waals surface area contributed by atoms with Crippen LogP contribution in [0.15, 0.2) is 73.5 Å². The summed E-state index contributed by atoms with van der Waals surface area (Å²) in [6.45, 7) is 4.91. The molecule has 2 fully saturated rings. The molecule has 5 rings (SSSR count). The number of para-hydroxylation sites is 1. The minimum Gasteiger partial charge on any atom is -0.457 e. The van der Waals surface area contributed by atoms with Crippen LogP contribution in [-0.4, -0.2) is 53.0 Å². The zero-order valence-corrected chi connectivity index (χ0v) is 18.9. The Morgan fingerprint density at radius 3 is 2.62 bits per heavy atom. The van der Waals surface area contributed by atoms with Gasteiger partial charge < -0.3 is 20.3 Å². The number of fused-ring (bicyclic) bond motifs is 1. The van der Waals surface area contributed by atoms with Crippen molar-refractivity contribution in [3.05, 3.63) is 79.0 Å². The largest absolute Gasteiger partial charge is 0.457 e. The summed E-state index contributed by atoms with van der Waals surface area (Å²) in [5, 5.41) is 0. The monoisotopic (exact) mass is 459 g/mol. The minimum absolute atomic E-state index is 0.0299. The van der Waals surface area contributed by atoms with E-state index in [-0.39, 0.29) is 23.8 Å². The van der Waals surface area contributed by atoms with Gasteiger partial charge >= 0.3 is 0 Å². The quantitative estimate of drug-likeness (QED) is 0.573. The number of hydrogen-bond acceptors (Lipinski definition) is 6. The molecular formula is C26H29N5O3. The molecule has 4 N–H and O–H groups in total. The van der Waals surface area contributed by atoms with E-state index in [1.165, 1.54) is 6.08 Å². The fourth-order valence-corrected chi connectivity index (χ4v) is 5.19. The molecule has 2 aromatic carbocycles. The van der Waals surface area contributed by atoms with Crippen molar-refractivity contribution in [2.75, 3.05) is 13.1 Å². The molecule has 2 amide bonds. The maximum Gasteiger partial charge on any atom is 0.257 e. The number of amides is 2. The van der Waals surface area contributed by atoms with Crippen molar-refractivity contribution in [1.29, 1.82) is 0 Å². The summed E-state index contributed by atoms with van der Waals surface area (Å²) in [4.78, 5) is 29.1. The second-order valence-electron chi connectivity index (χ2n) is 8.88. The highest BCUT2D eigenvalue weighted by Gasteiger charge is 2.47. The highest BCUT2D eigenvalue weighted by Crippen LogP contribution is 2.39. The molecule has 8 heteroatoms. The third-order valence-electron chi connectivity index (χ3n) is 6.80. The number of carbonyl (C=O) groups is 2. The molecule has 3 aliphatic rings. The molecule has 8 nitrogen and oxygen atoms in total. The smallest absolute Gasteiger partial charge is 0.257 e. The van der Waals surface area contributed by atoms with Gasteiger partial charge in [0.1, 0.15) is 17.5 Å². The number of benzene rings is 2. The van der Waals surface area contributed by atoms with Gasteiger partial charge in [-0.2, -0.15) is 0 Å². The van der Waals surface area contributed by atoms with Gasteiger partial charge in [0.25, 0.3) is 5.91 Å². The van der Waals surface area contributed by atoms with Gasteiger partial charge in [-0.15, -0.1) is 0 Å². The van der Waals surface area contributed by atoms with Gasteiger partial charge in [-0.3, -0.25) is 15.0 Å².